The van der Waals surface area contributed by atoms with Gasteiger partial charge in [-0.15, -0.1) is 0 Å². The smallest absolute Gasteiger partial charge is 0.343 e. The van der Waals surface area contributed by atoms with E-state index in [4.69, 9.17) is 9.47 Å². The molecule has 24 heavy (non-hydrogen) atoms. The van der Waals surface area contributed by atoms with Crippen LogP contribution >= 0.6 is 0 Å². The Morgan fingerprint density at radius 2 is 2.17 bits per heavy atom. The molecular formula is C16H21N3O5. The number of benzene rings is 1. The zero-order valence-corrected chi connectivity index (χ0v) is 13.6. The molecule has 1 aromatic rings. The predicted molar refractivity (Wildman–Crippen MR) is 86.9 cm³/mol. The molecule has 8 nitrogen and oxygen atoms in total. The largest absolute Gasteiger partial charge is 0.482 e. The maximum absolute atomic E-state index is 11.8. The Morgan fingerprint density at radius 3 is 2.92 bits per heavy atom. The number of carbonyl (C=O) groups excluding carboxylic acids is 2. The van der Waals surface area contributed by atoms with Crippen molar-refractivity contribution in [2.24, 2.45) is 5.10 Å². The third-order valence-electron chi connectivity index (χ3n) is 3.32. The van der Waals surface area contributed by atoms with Gasteiger partial charge in [0.1, 0.15) is 5.75 Å². The first-order valence-corrected chi connectivity index (χ1v) is 7.59. The second-order valence-corrected chi connectivity index (χ2v) is 5.12. The molecule has 0 saturated carbocycles. The summed E-state index contributed by atoms with van der Waals surface area (Å²) < 4.78 is 15.0. The third kappa shape index (κ3) is 6.35. The van der Waals surface area contributed by atoms with Crippen LogP contribution < -0.4 is 10.2 Å². The Hall–Kier alpha value is -2.45. The molecule has 1 amide bonds. The maximum Gasteiger partial charge on any atom is 0.343 e. The number of carbonyl (C=O) groups is 2. The van der Waals surface area contributed by atoms with Gasteiger partial charge in [0.25, 0.3) is 5.91 Å². The lowest BCUT2D eigenvalue weighted by molar-refractivity contribution is -0.142. The van der Waals surface area contributed by atoms with Crippen LogP contribution in [0, 0.1) is 0 Å². The molecule has 1 fully saturated rings. The molecule has 0 atom stereocenters. The van der Waals surface area contributed by atoms with Crippen molar-refractivity contribution in [1.82, 2.24) is 10.3 Å². The van der Waals surface area contributed by atoms with Crippen molar-refractivity contribution in [2.75, 3.05) is 46.6 Å². The van der Waals surface area contributed by atoms with Crippen molar-refractivity contribution in [3.05, 3.63) is 29.8 Å². The van der Waals surface area contributed by atoms with E-state index in [1.807, 2.05) is 11.0 Å². The molecule has 0 unspecified atom stereocenters. The van der Waals surface area contributed by atoms with Gasteiger partial charge in [0.15, 0.2) is 6.61 Å². The summed E-state index contributed by atoms with van der Waals surface area (Å²) in [6.07, 6.45) is 1.52. The number of hydrogen-bond acceptors (Lipinski definition) is 7. The molecule has 0 aromatic heterocycles. The molecule has 1 aliphatic rings. The quantitative estimate of drug-likeness (QED) is 0.429. The molecule has 1 aliphatic heterocycles. The molecule has 1 N–H and O–H groups in total. The van der Waals surface area contributed by atoms with Crippen LogP contribution in [0.1, 0.15) is 5.56 Å². The molecule has 2 rings (SSSR count). The van der Waals surface area contributed by atoms with E-state index in [0.29, 0.717) is 25.5 Å². The fourth-order valence-electron chi connectivity index (χ4n) is 2.06. The van der Waals surface area contributed by atoms with E-state index < -0.39 is 5.97 Å². The Balaban J connectivity index is 1.78. The number of esters is 1. The van der Waals surface area contributed by atoms with Crippen molar-refractivity contribution in [1.29, 1.82) is 0 Å². The van der Waals surface area contributed by atoms with E-state index in [2.05, 4.69) is 15.3 Å². The van der Waals surface area contributed by atoms with Gasteiger partial charge in [-0.1, -0.05) is 12.1 Å². The summed E-state index contributed by atoms with van der Waals surface area (Å²) in [5.74, 6) is -0.111. The number of hydrogen-bond donors (Lipinski definition) is 1. The van der Waals surface area contributed by atoms with Crippen LogP contribution in [0.2, 0.25) is 0 Å². The van der Waals surface area contributed by atoms with Crippen molar-refractivity contribution in [3.63, 3.8) is 0 Å². The number of nitrogens with one attached hydrogen (secondary N) is 1. The van der Waals surface area contributed by atoms with Gasteiger partial charge in [-0.3, -0.25) is 9.69 Å². The molecular weight excluding hydrogens is 314 g/mol. The minimum Gasteiger partial charge on any atom is -0.482 e. The lowest BCUT2D eigenvalue weighted by atomic mass is 10.2. The Morgan fingerprint density at radius 1 is 1.38 bits per heavy atom. The van der Waals surface area contributed by atoms with Crippen molar-refractivity contribution in [2.45, 2.75) is 0 Å². The van der Waals surface area contributed by atoms with E-state index in [0.717, 1.165) is 18.7 Å². The predicted octanol–water partition coefficient (Wildman–Crippen LogP) is 0.0207. The van der Waals surface area contributed by atoms with Crippen molar-refractivity contribution < 1.29 is 23.8 Å². The van der Waals surface area contributed by atoms with E-state index >= 15 is 0 Å². The number of methoxy groups -OCH3 is 1. The minimum absolute atomic E-state index is 0.159. The van der Waals surface area contributed by atoms with Crippen LogP contribution in [0.15, 0.2) is 29.4 Å². The number of ether oxygens (including phenoxy) is 3. The molecule has 1 saturated heterocycles. The van der Waals surface area contributed by atoms with Gasteiger partial charge in [-0.2, -0.15) is 5.10 Å². The highest BCUT2D eigenvalue weighted by molar-refractivity contribution is 5.83. The summed E-state index contributed by atoms with van der Waals surface area (Å²) >= 11 is 0. The second-order valence-electron chi connectivity index (χ2n) is 5.12. The van der Waals surface area contributed by atoms with Crippen LogP contribution in [0.4, 0.5) is 0 Å². The van der Waals surface area contributed by atoms with Crippen LogP contribution in [-0.2, 0) is 19.1 Å². The van der Waals surface area contributed by atoms with Crippen LogP contribution in [0.5, 0.6) is 5.75 Å². The fourth-order valence-corrected chi connectivity index (χ4v) is 2.06. The highest BCUT2D eigenvalue weighted by Gasteiger charge is 2.13. The van der Waals surface area contributed by atoms with Crippen LogP contribution in [-0.4, -0.2) is 69.6 Å². The zero-order chi connectivity index (χ0) is 17.2. The third-order valence-corrected chi connectivity index (χ3v) is 3.32. The molecule has 1 aromatic carbocycles. The summed E-state index contributed by atoms with van der Waals surface area (Å²) in [5, 5.41) is 3.93. The minimum atomic E-state index is -0.454. The monoisotopic (exact) mass is 335 g/mol. The zero-order valence-electron chi connectivity index (χ0n) is 13.6. The highest BCUT2D eigenvalue weighted by atomic mass is 16.6. The maximum atomic E-state index is 11.8. The van der Waals surface area contributed by atoms with E-state index in [1.54, 1.807) is 18.2 Å². The Bertz CT molecular complexity index is 585. The molecule has 130 valence electrons. The Labute approximate surface area is 140 Å². The number of hydrazone groups is 1. The standard InChI is InChI=1S/C16H21N3O5/c1-22-16(21)12-24-14-4-2-3-13(9-14)10-17-18-15(20)11-19-5-7-23-8-6-19/h2-4,9-10H,5-8,11-12H2,1H3,(H,18,20)/b17-10+. The molecule has 1 heterocycles. The second kappa shape index (κ2) is 9.64. The number of nitrogens with zero attached hydrogens (tertiary/aromatic N) is 2. The van der Waals surface area contributed by atoms with E-state index in [9.17, 15) is 9.59 Å². The molecule has 8 heteroatoms. The summed E-state index contributed by atoms with van der Waals surface area (Å²) in [4.78, 5) is 24.9. The summed E-state index contributed by atoms with van der Waals surface area (Å²) in [7, 11) is 1.30. The summed E-state index contributed by atoms with van der Waals surface area (Å²) in [5.41, 5.74) is 3.23. The average molecular weight is 335 g/mol. The van der Waals surface area contributed by atoms with Gasteiger partial charge in [0, 0.05) is 13.1 Å². The first-order valence-electron chi connectivity index (χ1n) is 7.59. The van der Waals surface area contributed by atoms with Gasteiger partial charge in [0.2, 0.25) is 0 Å². The molecule has 0 radical (unpaired) electrons. The normalized spacial score (nSPS) is 15.2. The SMILES string of the molecule is COC(=O)COc1cccc(/C=N/NC(=O)CN2CCOCC2)c1. The van der Waals surface area contributed by atoms with Crippen LogP contribution in [0.3, 0.4) is 0 Å². The van der Waals surface area contributed by atoms with Crippen molar-refractivity contribution in [3.8, 4) is 5.75 Å². The average Bonchev–Trinajstić information content (AvgIpc) is 2.61. The summed E-state index contributed by atoms with van der Waals surface area (Å²) in [6, 6.07) is 7.00. The van der Waals surface area contributed by atoms with Gasteiger partial charge in [0.05, 0.1) is 33.1 Å². The summed E-state index contributed by atoms with van der Waals surface area (Å²) in [6.45, 7) is 2.92. The highest BCUT2D eigenvalue weighted by Crippen LogP contribution is 2.11. The number of amides is 1. The first-order chi connectivity index (χ1) is 11.7. The van der Waals surface area contributed by atoms with Crippen LogP contribution in [0.25, 0.3) is 0 Å². The van der Waals surface area contributed by atoms with Gasteiger partial charge in [-0.05, 0) is 17.7 Å². The van der Waals surface area contributed by atoms with E-state index in [1.165, 1.54) is 13.3 Å². The molecule has 0 spiro atoms. The fraction of sp³-hybridized carbons (Fsp3) is 0.438. The van der Waals surface area contributed by atoms with E-state index in [-0.39, 0.29) is 12.5 Å². The molecule has 0 aliphatic carbocycles. The Kier molecular flexibility index (Phi) is 7.19. The van der Waals surface area contributed by atoms with Gasteiger partial charge >= 0.3 is 5.97 Å². The topological polar surface area (TPSA) is 89.5 Å². The van der Waals surface area contributed by atoms with Gasteiger partial charge < -0.3 is 14.2 Å². The number of morpholine rings is 1. The lowest BCUT2D eigenvalue weighted by Crippen LogP contribution is -2.42. The number of rotatable bonds is 7. The molecule has 0 bridgehead atoms. The van der Waals surface area contributed by atoms with Crippen molar-refractivity contribution >= 4 is 18.1 Å². The first kappa shape index (κ1) is 17.9. The van der Waals surface area contributed by atoms with Gasteiger partial charge in [-0.25, -0.2) is 10.2 Å². The lowest BCUT2D eigenvalue weighted by Gasteiger charge is -2.25.